The molecule has 0 saturated carbocycles. The first-order valence-corrected chi connectivity index (χ1v) is 10.4. The number of rotatable bonds is 4. The molecule has 3 atom stereocenters. The Morgan fingerprint density at radius 1 is 1.29 bits per heavy atom. The smallest absolute Gasteiger partial charge is 0.416 e. The standard InChI is InChI=1S/C23H24F3NO4/c1-13-19(22(29)31-12-16-7-4-10-30-16)20(21-17(27-13)8-3-9-18(21)28)14-5-2-6-15(11-14)23(24,25)26/h2,5-6,8,11,16,20-21,27H,3-4,7,9-10,12H2,1H3. The predicted molar refractivity (Wildman–Crippen MR) is 106 cm³/mol. The zero-order chi connectivity index (χ0) is 22.2. The number of nitrogens with one attached hydrogen (secondary N) is 1. The minimum absolute atomic E-state index is 0.0756. The summed E-state index contributed by atoms with van der Waals surface area (Å²) < 4.78 is 51.1. The third-order valence-electron chi connectivity index (χ3n) is 6.03. The third kappa shape index (κ3) is 4.39. The molecule has 5 nitrogen and oxygen atoms in total. The highest BCUT2D eigenvalue weighted by Crippen LogP contribution is 2.45. The lowest BCUT2D eigenvalue weighted by Crippen LogP contribution is -2.41. The third-order valence-corrected chi connectivity index (χ3v) is 6.03. The van der Waals surface area contributed by atoms with Crippen molar-refractivity contribution in [2.45, 2.75) is 50.8 Å². The van der Waals surface area contributed by atoms with Crippen molar-refractivity contribution in [3.05, 3.63) is 58.4 Å². The lowest BCUT2D eigenvalue weighted by molar-refractivity contribution is -0.143. The van der Waals surface area contributed by atoms with Crippen LogP contribution in [0.25, 0.3) is 0 Å². The second kappa shape index (κ2) is 8.49. The van der Waals surface area contributed by atoms with Gasteiger partial charge in [-0.15, -0.1) is 0 Å². The van der Waals surface area contributed by atoms with Crippen molar-refractivity contribution >= 4 is 11.8 Å². The molecule has 1 N–H and O–H groups in total. The average molecular weight is 435 g/mol. The van der Waals surface area contributed by atoms with E-state index in [0.29, 0.717) is 24.4 Å². The van der Waals surface area contributed by atoms with E-state index >= 15 is 0 Å². The Hall–Kier alpha value is -2.61. The van der Waals surface area contributed by atoms with E-state index in [-0.39, 0.29) is 36.1 Å². The van der Waals surface area contributed by atoms with E-state index < -0.39 is 29.5 Å². The fourth-order valence-corrected chi connectivity index (χ4v) is 4.57. The Morgan fingerprint density at radius 3 is 2.81 bits per heavy atom. The summed E-state index contributed by atoms with van der Waals surface area (Å²) in [7, 11) is 0. The fraction of sp³-hybridized carbons (Fsp3) is 0.478. The maximum Gasteiger partial charge on any atom is 0.416 e. The number of hydrogen-bond acceptors (Lipinski definition) is 5. The van der Waals surface area contributed by atoms with Crippen molar-refractivity contribution in [3.63, 3.8) is 0 Å². The van der Waals surface area contributed by atoms with Crippen LogP contribution in [0, 0.1) is 5.92 Å². The minimum atomic E-state index is -4.53. The van der Waals surface area contributed by atoms with Crippen molar-refractivity contribution in [1.29, 1.82) is 0 Å². The van der Waals surface area contributed by atoms with Crippen LogP contribution in [0.4, 0.5) is 13.2 Å². The van der Waals surface area contributed by atoms with Crippen LogP contribution in [-0.4, -0.2) is 31.1 Å². The molecular formula is C23H24F3NO4. The molecule has 0 bridgehead atoms. The Morgan fingerprint density at radius 2 is 2.10 bits per heavy atom. The molecule has 166 valence electrons. The number of benzene rings is 1. The largest absolute Gasteiger partial charge is 0.460 e. The van der Waals surface area contributed by atoms with Crippen molar-refractivity contribution in [2.24, 2.45) is 5.92 Å². The molecule has 4 rings (SSSR count). The maximum atomic E-state index is 13.4. The van der Waals surface area contributed by atoms with E-state index in [2.05, 4.69) is 5.32 Å². The van der Waals surface area contributed by atoms with Gasteiger partial charge in [-0.05, 0) is 37.8 Å². The van der Waals surface area contributed by atoms with Gasteiger partial charge >= 0.3 is 12.1 Å². The number of carbonyl (C=O) groups excluding carboxylic acids is 2. The number of ether oxygens (including phenoxy) is 2. The summed E-state index contributed by atoms with van der Waals surface area (Å²) in [5.41, 5.74) is 0.756. The number of halogens is 3. The first-order chi connectivity index (χ1) is 14.8. The summed E-state index contributed by atoms with van der Waals surface area (Å²) in [6, 6.07) is 4.85. The van der Waals surface area contributed by atoms with Gasteiger partial charge in [0.2, 0.25) is 0 Å². The van der Waals surface area contributed by atoms with Gasteiger partial charge < -0.3 is 14.8 Å². The van der Waals surface area contributed by atoms with Crippen LogP contribution < -0.4 is 5.32 Å². The molecule has 0 radical (unpaired) electrons. The summed E-state index contributed by atoms with van der Waals surface area (Å²) in [5, 5.41) is 3.12. The van der Waals surface area contributed by atoms with Crippen LogP contribution in [0.5, 0.6) is 0 Å². The van der Waals surface area contributed by atoms with E-state index in [4.69, 9.17) is 9.47 Å². The van der Waals surface area contributed by atoms with E-state index in [0.717, 1.165) is 25.0 Å². The van der Waals surface area contributed by atoms with Crippen LogP contribution in [0.15, 0.2) is 47.3 Å². The predicted octanol–water partition coefficient (Wildman–Crippen LogP) is 4.25. The van der Waals surface area contributed by atoms with Crippen LogP contribution in [0.3, 0.4) is 0 Å². The summed E-state index contributed by atoms with van der Waals surface area (Å²) in [4.78, 5) is 25.9. The molecule has 3 unspecified atom stereocenters. The number of hydrogen-bond donors (Lipinski definition) is 1. The van der Waals surface area contributed by atoms with Crippen LogP contribution >= 0.6 is 0 Å². The van der Waals surface area contributed by atoms with Crippen LogP contribution in [0.2, 0.25) is 0 Å². The van der Waals surface area contributed by atoms with Crippen LogP contribution in [-0.2, 0) is 25.2 Å². The molecule has 3 aliphatic rings. The van der Waals surface area contributed by atoms with E-state index in [1.54, 1.807) is 6.92 Å². The van der Waals surface area contributed by atoms with Gasteiger partial charge in [0, 0.05) is 30.3 Å². The molecule has 1 aliphatic carbocycles. The van der Waals surface area contributed by atoms with Gasteiger partial charge in [-0.1, -0.05) is 24.3 Å². The number of ketones is 1. The lowest BCUT2D eigenvalue weighted by Gasteiger charge is -2.38. The van der Waals surface area contributed by atoms with Gasteiger partial charge in [-0.25, -0.2) is 4.79 Å². The molecule has 1 aromatic rings. The van der Waals surface area contributed by atoms with Crippen LogP contribution in [0.1, 0.15) is 49.7 Å². The highest BCUT2D eigenvalue weighted by molar-refractivity contribution is 5.96. The summed E-state index contributed by atoms with van der Waals surface area (Å²) in [6.07, 6.45) is -0.318. The van der Waals surface area contributed by atoms with Gasteiger partial charge in [0.1, 0.15) is 12.4 Å². The monoisotopic (exact) mass is 435 g/mol. The zero-order valence-corrected chi connectivity index (χ0v) is 17.1. The fourth-order valence-electron chi connectivity index (χ4n) is 4.57. The Bertz CT molecular complexity index is 944. The Balaban J connectivity index is 1.73. The van der Waals surface area contributed by atoms with E-state index in [9.17, 15) is 22.8 Å². The normalized spacial score (nSPS) is 26.3. The van der Waals surface area contributed by atoms with Gasteiger partial charge in [0.25, 0.3) is 0 Å². The van der Waals surface area contributed by atoms with Gasteiger partial charge in [0.15, 0.2) is 0 Å². The first kappa shape index (κ1) is 21.6. The second-order valence-electron chi connectivity index (χ2n) is 8.14. The van der Waals surface area contributed by atoms with E-state index in [1.807, 2.05) is 6.08 Å². The quantitative estimate of drug-likeness (QED) is 0.717. The molecular weight excluding hydrogens is 411 g/mol. The zero-order valence-electron chi connectivity index (χ0n) is 17.1. The van der Waals surface area contributed by atoms with Gasteiger partial charge in [-0.2, -0.15) is 13.2 Å². The van der Waals surface area contributed by atoms with Gasteiger partial charge in [0.05, 0.1) is 23.2 Å². The molecule has 0 aromatic heterocycles. The summed E-state index contributed by atoms with van der Waals surface area (Å²) >= 11 is 0. The minimum Gasteiger partial charge on any atom is -0.460 e. The molecule has 0 spiro atoms. The molecule has 2 heterocycles. The maximum absolute atomic E-state index is 13.4. The number of carbonyl (C=O) groups is 2. The van der Waals surface area contributed by atoms with Crippen molar-refractivity contribution < 1.29 is 32.2 Å². The number of esters is 1. The van der Waals surface area contributed by atoms with Crippen molar-refractivity contribution in [3.8, 4) is 0 Å². The number of Topliss-reactive ketones (excluding diaryl/α,β-unsaturated/α-hetero) is 1. The van der Waals surface area contributed by atoms with Gasteiger partial charge in [-0.3, -0.25) is 4.79 Å². The Kier molecular flexibility index (Phi) is 5.92. The molecule has 1 saturated heterocycles. The molecule has 0 amide bonds. The molecule has 2 aliphatic heterocycles. The summed E-state index contributed by atoms with van der Waals surface area (Å²) in [6.45, 7) is 2.37. The molecule has 31 heavy (non-hydrogen) atoms. The SMILES string of the molecule is CC1=C(C(=O)OCC2CCCO2)C(c2cccc(C(F)(F)F)c2)C2C(=O)CCC=C2N1. The van der Waals surface area contributed by atoms with E-state index in [1.165, 1.54) is 12.1 Å². The van der Waals surface area contributed by atoms with Crippen molar-refractivity contribution in [1.82, 2.24) is 5.32 Å². The van der Waals surface area contributed by atoms with Crippen molar-refractivity contribution in [2.75, 3.05) is 13.2 Å². The highest BCUT2D eigenvalue weighted by Gasteiger charge is 2.44. The topological polar surface area (TPSA) is 64.6 Å². The number of fused-ring (bicyclic) bond motifs is 1. The lowest BCUT2D eigenvalue weighted by atomic mass is 9.71. The first-order valence-electron chi connectivity index (χ1n) is 10.4. The second-order valence-corrected chi connectivity index (χ2v) is 8.14. The Labute approximate surface area is 178 Å². The number of allylic oxidation sites excluding steroid dienone is 3. The number of alkyl halides is 3. The molecule has 1 fully saturated rings. The molecule has 1 aromatic carbocycles. The highest BCUT2D eigenvalue weighted by atomic mass is 19.4. The molecule has 8 heteroatoms. The summed E-state index contributed by atoms with van der Waals surface area (Å²) in [5.74, 6) is -2.34. The average Bonchev–Trinajstić information content (AvgIpc) is 3.24.